The van der Waals surface area contributed by atoms with Crippen LogP contribution < -0.4 is 0 Å². The van der Waals surface area contributed by atoms with Crippen LogP contribution in [0.2, 0.25) is 5.02 Å². The van der Waals surface area contributed by atoms with Crippen LogP contribution in [-0.4, -0.2) is 12.1 Å². The number of allylic oxidation sites excluding steroid dienone is 1. The Kier molecular flexibility index (Phi) is 3.07. The van der Waals surface area contributed by atoms with Crippen molar-refractivity contribution in [1.29, 1.82) is 0 Å². The lowest BCUT2D eigenvalue weighted by Crippen LogP contribution is -2.14. The molecule has 1 aliphatic rings. The minimum Gasteiger partial charge on any atom is -0.454 e. The van der Waals surface area contributed by atoms with E-state index in [-0.39, 0.29) is 12.1 Å². The van der Waals surface area contributed by atoms with Crippen molar-refractivity contribution in [2.75, 3.05) is 0 Å². The summed E-state index contributed by atoms with van der Waals surface area (Å²) in [5.41, 5.74) is 0.430. The molecule has 3 heteroatoms. The van der Waals surface area contributed by atoms with Gasteiger partial charge in [0.05, 0.1) is 10.6 Å². The first kappa shape index (κ1) is 10.2. The van der Waals surface area contributed by atoms with E-state index in [1.54, 1.807) is 24.3 Å². The van der Waals surface area contributed by atoms with Crippen molar-refractivity contribution in [3.63, 3.8) is 0 Å². The monoisotopic (exact) mass is 222 g/mol. The highest BCUT2D eigenvalue weighted by Gasteiger charge is 2.17. The van der Waals surface area contributed by atoms with Crippen LogP contribution in [0.4, 0.5) is 0 Å². The van der Waals surface area contributed by atoms with Crippen LogP contribution >= 0.6 is 11.6 Å². The lowest BCUT2D eigenvalue weighted by atomic mass is 10.2. The molecule has 0 unspecified atom stereocenters. The molecule has 78 valence electrons. The molecule has 15 heavy (non-hydrogen) atoms. The predicted octanol–water partition coefficient (Wildman–Crippen LogP) is 3.22. The van der Waals surface area contributed by atoms with Gasteiger partial charge in [0.15, 0.2) is 0 Å². The molecule has 1 aliphatic carbocycles. The topological polar surface area (TPSA) is 26.3 Å². The number of carbonyl (C=O) groups is 1. The van der Waals surface area contributed by atoms with Gasteiger partial charge in [-0.25, -0.2) is 4.79 Å². The summed E-state index contributed by atoms with van der Waals surface area (Å²) in [4.78, 5) is 11.7. The zero-order chi connectivity index (χ0) is 10.7. The summed E-state index contributed by atoms with van der Waals surface area (Å²) in [5, 5.41) is 0.435. The largest absolute Gasteiger partial charge is 0.454 e. The molecule has 0 saturated heterocycles. The minimum atomic E-state index is -0.350. The number of esters is 1. The van der Waals surface area contributed by atoms with Crippen molar-refractivity contribution >= 4 is 17.6 Å². The summed E-state index contributed by atoms with van der Waals surface area (Å²) in [5.74, 6) is -0.350. The van der Waals surface area contributed by atoms with E-state index in [0.29, 0.717) is 10.6 Å². The van der Waals surface area contributed by atoms with E-state index in [0.717, 1.165) is 12.8 Å². The number of halogens is 1. The Balaban J connectivity index is 2.07. The number of hydrogen-bond acceptors (Lipinski definition) is 2. The van der Waals surface area contributed by atoms with E-state index < -0.39 is 0 Å². The van der Waals surface area contributed by atoms with Crippen LogP contribution in [0.1, 0.15) is 23.2 Å². The van der Waals surface area contributed by atoms with E-state index in [2.05, 4.69) is 0 Å². The second kappa shape index (κ2) is 4.49. The first-order valence-electron chi connectivity index (χ1n) is 4.89. The van der Waals surface area contributed by atoms with Gasteiger partial charge in [0.1, 0.15) is 6.10 Å². The molecule has 0 spiro atoms. The smallest absolute Gasteiger partial charge is 0.340 e. The molecule has 0 amide bonds. The average Bonchev–Trinajstić information content (AvgIpc) is 2.71. The van der Waals surface area contributed by atoms with Crippen LogP contribution in [0.15, 0.2) is 36.4 Å². The molecular weight excluding hydrogens is 212 g/mol. The van der Waals surface area contributed by atoms with E-state index in [1.807, 2.05) is 12.2 Å². The number of benzene rings is 1. The van der Waals surface area contributed by atoms with Gasteiger partial charge in [-0.2, -0.15) is 0 Å². The molecule has 0 radical (unpaired) electrons. The number of ether oxygens (including phenoxy) is 1. The molecule has 2 rings (SSSR count). The van der Waals surface area contributed by atoms with Crippen LogP contribution in [0, 0.1) is 0 Å². The minimum absolute atomic E-state index is 0.0891. The van der Waals surface area contributed by atoms with Crippen molar-refractivity contribution in [1.82, 2.24) is 0 Å². The summed E-state index contributed by atoms with van der Waals surface area (Å²) in [6, 6.07) is 6.91. The molecule has 0 bridgehead atoms. The molecule has 0 saturated carbocycles. The Labute approximate surface area is 93.5 Å². The SMILES string of the molecule is O=C(O[C@@H]1C=CCC1)c1ccccc1Cl. The summed E-state index contributed by atoms with van der Waals surface area (Å²) >= 11 is 5.89. The third-order valence-corrected chi connectivity index (χ3v) is 2.65. The molecule has 1 aromatic rings. The highest BCUT2D eigenvalue weighted by molar-refractivity contribution is 6.33. The Morgan fingerprint density at radius 2 is 2.20 bits per heavy atom. The Morgan fingerprint density at radius 1 is 1.40 bits per heavy atom. The molecule has 0 aliphatic heterocycles. The van der Waals surface area contributed by atoms with Crippen LogP contribution in [0.5, 0.6) is 0 Å². The van der Waals surface area contributed by atoms with Gasteiger partial charge < -0.3 is 4.74 Å². The molecular formula is C12H11ClO2. The predicted molar refractivity (Wildman–Crippen MR) is 59.0 cm³/mol. The fourth-order valence-electron chi connectivity index (χ4n) is 1.53. The van der Waals surface area contributed by atoms with Crippen LogP contribution in [0.3, 0.4) is 0 Å². The number of rotatable bonds is 2. The van der Waals surface area contributed by atoms with Crippen LogP contribution in [0.25, 0.3) is 0 Å². The van der Waals surface area contributed by atoms with Gasteiger partial charge in [0.2, 0.25) is 0 Å². The highest BCUT2D eigenvalue weighted by Crippen LogP contribution is 2.19. The first-order chi connectivity index (χ1) is 7.27. The second-order valence-electron chi connectivity index (χ2n) is 3.43. The van der Waals surface area contributed by atoms with Crippen molar-refractivity contribution in [2.24, 2.45) is 0 Å². The summed E-state index contributed by atoms with van der Waals surface area (Å²) in [7, 11) is 0. The molecule has 0 fully saturated rings. The summed E-state index contributed by atoms with van der Waals surface area (Å²) in [6.07, 6.45) is 5.68. The normalized spacial score (nSPS) is 19.1. The average molecular weight is 223 g/mol. The van der Waals surface area contributed by atoms with Gasteiger partial charge in [0, 0.05) is 0 Å². The maximum atomic E-state index is 11.7. The van der Waals surface area contributed by atoms with Gasteiger partial charge in [-0.05, 0) is 31.1 Å². The molecule has 2 nitrogen and oxygen atoms in total. The van der Waals surface area contributed by atoms with E-state index in [9.17, 15) is 4.79 Å². The molecule has 0 aromatic heterocycles. The molecule has 1 atom stereocenters. The summed E-state index contributed by atoms with van der Waals surface area (Å²) < 4.78 is 5.27. The quantitative estimate of drug-likeness (QED) is 0.567. The van der Waals surface area contributed by atoms with Gasteiger partial charge in [-0.15, -0.1) is 0 Å². The third kappa shape index (κ3) is 2.39. The first-order valence-corrected chi connectivity index (χ1v) is 5.27. The van der Waals surface area contributed by atoms with Crippen molar-refractivity contribution in [3.8, 4) is 0 Å². The van der Waals surface area contributed by atoms with Gasteiger partial charge >= 0.3 is 5.97 Å². The van der Waals surface area contributed by atoms with Gasteiger partial charge in [-0.3, -0.25) is 0 Å². The zero-order valence-electron chi connectivity index (χ0n) is 8.15. The number of hydrogen-bond donors (Lipinski definition) is 0. The Morgan fingerprint density at radius 3 is 2.87 bits per heavy atom. The van der Waals surface area contributed by atoms with Gasteiger partial charge in [0.25, 0.3) is 0 Å². The van der Waals surface area contributed by atoms with E-state index in [1.165, 1.54) is 0 Å². The third-order valence-electron chi connectivity index (χ3n) is 2.32. The molecule has 0 N–H and O–H groups in total. The molecule has 0 heterocycles. The van der Waals surface area contributed by atoms with Gasteiger partial charge in [-0.1, -0.05) is 29.8 Å². The number of carbonyl (C=O) groups excluding carboxylic acids is 1. The molecule has 1 aromatic carbocycles. The second-order valence-corrected chi connectivity index (χ2v) is 3.84. The van der Waals surface area contributed by atoms with Crippen molar-refractivity contribution < 1.29 is 9.53 Å². The van der Waals surface area contributed by atoms with Crippen molar-refractivity contribution in [3.05, 3.63) is 47.0 Å². The summed E-state index contributed by atoms with van der Waals surface area (Å²) in [6.45, 7) is 0. The zero-order valence-corrected chi connectivity index (χ0v) is 8.91. The maximum Gasteiger partial charge on any atom is 0.340 e. The van der Waals surface area contributed by atoms with E-state index >= 15 is 0 Å². The highest BCUT2D eigenvalue weighted by atomic mass is 35.5. The van der Waals surface area contributed by atoms with Crippen molar-refractivity contribution in [2.45, 2.75) is 18.9 Å². The fraction of sp³-hybridized carbons (Fsp3) is 0.250. The lowest BCUT2D eigenvalue weighted by molar-refractivity contribution is 0.0395. The fourth-order valence-corrected chi connectivity index (χ4v) is 1.74. The van der Waals surface area contributed by atoms with Crippen LogP contribution in [-0.2, 0) is 4.74 Å². The lowest BCUT2D eigenvalue weighted by Gasteiger charge is -2.10. The Bertz CT molecular complexity index is 398. The standard InChI is InChI=1S/C12H11ClO2/c13-11-8-4-3-7-10(11)12(14)15-9-5-1-2-6-9/h1,3-5,7-9H,2,6H2/t9-/m1/s1. The van der Waals surface area contributed by atoms with E-state index in [4.69, 9.17) is 16.3 Å². The maximum absolute atomic E-state index is 11.7. The Hall–Kier alpha value is -1.28.